The molecule has 0 aliphatic rings. The Balaban J connectivity index is 2.89. The fourth-order valence-corrected chi connectivity index (χ4v) is 1.33. The van der Waals surface area contributed by atoms with Crippen molar-refractivity contribution >= 4 is 18.0 Å². The molecule has 1 N–H and O–H groups in total. The van der Waals surface area contributed by atoms with Gasteiger partial charge in [-0.05, 0) is 37.1 Å². The standard InChI is InChI=1S/C13H14O4/c1-3-17-12(14)7-6-10-5-4-9(2)11(8-10)13(15)16/h4-8H,3H2,1-2H3,(H,15,16). The van der Waals surface area contributed by atoms with Crippen molar-refractivity contribution in [3.63, 3.8) is 0 Å². The minimum Gasteiger partial charge on any atom is -0.478 e. The number of aryl methyl sites for hydroxylation is 1. The highest BCUT2D eigenvalue weighted by atomic mass is 16.5. The molecule has 0 aliphatic heterocycles. The third-order valence-corrected chi connectivity index (χ3v) is 2.19. The van der Waals surface area contributed by atoms with E-state index in [-0.39, 0.29) is 5.56 Å². The van der Waals surface area contributed by atoms with Crippen LogP contribution in [-0.2, 0) is 9.53 Å². The van der Waals surface area contributed by atoms with E-state index in [0.717, 1.165) is 0 Å². The van der Waals surface area contributed by atoms with Crippen molar-refractivity contribution in [2.75, 3.05) is 6.61 Å². The Morgan fingerprint density at radius 2 is 2.12 bits per heavy atom. The number of carboxylic acid groups (broad SMARTS) is 1. The van der Waals surface area contributed by atoms with E-state index in [1.165, 1.54) is 18.2 Å². The van der Waals surface area contributed by atoms with E-state index in [0.29, 0.717) is 17.7 Å². The first kappa shape index (κ1) is 13.0. The van der Waals surface area contributed by atoms with Crippen LogP contribution in [-0.4, -0.2) is 23.7 Å². The van der Waals surface area contributed by atoms with Gasteiger partial charge in [-0.25, -0.2) is 9.59 Å². The lowest BCUT2D eigenvalue weighted by molar-refractivity contribution is -0.137. The Kier molecular flexibility index (Phi) is 4.46. The van der Waals surface area contributed by atoms with Gasteiger partial charge in [-0.2, -0.15) is 0 Å². The van der Waals surface area contributed by atoms with E-state index in [4.69, 9.17) is 9.84 Å². The van der Waals surface area contributed by atoms with Crippen molar-refractivity contribution in [1.29, 1.82) is 0 Å². The lowest BCUT2D eigenvalue weighted by Gasteiger charge is -2.01. The van der Waals surface area contributed by atoms with Crippen LogP contribution in [0.15, 0.2) is 24.3 Å². The average Bonchev–Trinajstić information content (AvgIpc) is 2.28. The molecule has 4 heteroatoms. The van der Waals surface area contributed by atoms with Gasteiger partial charge in [0.15, 0.2) is 0 Å². The summed E-state index contributed by atoms with van der Waals surface area (Å²) in [5.41, 5.74) is 1.57. The number of hydrogen-bond acceptors (Lipinski definition) is 3. The molecule has 0 atom stereocenters. The van der Waals surface area contributed by atoms with Crippen LogP contribution < -0.4 is 0 Å². The van der Waals surface area contributed by atoms with Gasteiger partial charge in [0, 0.05) is 6.08 Å². The predicted octanol–water partition coefficient (Wildman–Crippen LogP) is 2.27. The minimum atomic E-state index is -0.978. The molecule has 0 fully saturated rings. The van der Waals surface area contributed by atoms with Crippen LogP contribution in [0.2, 0.25) is 0 Å². The van der Waals surface area contributed by atoms with Gasteiger partial charge in [0.2, 0.25) is 0 Å². The molecule has 1 aromatic rings. The monoisotopic (exact) mass is 234 g/mol. The highest BCUT2D eigenvalue weighted by Gasteiger charge is 2.06. The van der Waals surface area contributed by atoms with E-state index in [1.807, 2.05) is 0 Å². The number of benzene rings is 1. The van der Waals surface area contributed by atoms with E-state index < -0.39 is 11.9 Å². The summed E-state index contributed by atoms with van der Waals surface area (Å²) in [6.45, 7) is 3.76. The largest absolute Gasteiger partial charge is 0.478 e. The summed E-state index contributed by atoms with van der Waals surface area (Å²) in [5.74, 6) is -1.42. The number of carboxylic acids is 1. The smallest absolute Gasteiger partial charge is 0.335 e. The van der Waals surface area contributed by atoms with Gasteiger partial charge in [0.25, 0.3) is 0 Å². The second kappa shape index (κ2) is 5.84. The van der Waals surface area contributed by atoms with Gasteiger partial charge in [-0.15, -0.1) is 0 Å². The topological polar surface area (TPSA) is 63.6 Å². The first-order valence-corrected chi connectivity index (χ1v) is 5.23. The average molecular weight is 234 g/mol. The lowest BCUT2D eigenvalue weighted by Crippen LogP contribution is -2.00. The maximum atomic E-state index is 11.1. The number of hydrogen-bond donors (Lipinski definition) is 1. The molecule has 0 radical (unpaired) electrons. The van der Waals surface area contributed by atoms with Crippen LogP contribution in [0.3, 0.4) is 0 Å². The fourth-order valence-electron chi connectivity index (χ4n) is 1.33. The summed E-state index contributed by atoms with van der Waals surface area (Å²) in [4.78, 5) is 22.0. The van der Waals surface area contributed by atoms with Crippen molar-refractivity contribution in [2.24, 2.45) is 0 Å². The zero-order chi connectivity index (χ0) is 12.8. The molecule has 0 saturated carbocycles. The Labute approximate surface area is 99.5 Å². The summed E-state index contributed by atoms with van der Waals surface area (Å²) in [5, 5.41) is 8.94. The molecule has 1 rings (SSSR count). The van der Waals surface area contributed by atoms with Crippen LogP contribution in [0.25, 0.3) is 6.08 Å². The minimum absolute atomic E-state index is 0.232. The number of carbonyl (C=O) groups excluding carboxylic acids is 1. The number of esters is 1. The molecule has 4 nitrogen and oxygen atoms in total. The van der Waals surface area contributed by atoms with E-state index in [9.17, 15) is 9.59 Å². The van der Waals surface area contributed by atoms with Crippen LogP contribution in [0.1, 0.15) is 28.4 Å². The number of aromatic carboxylic acids is 1. The first-order chi connectivity index (χ1) is 8.04. The third-order valence-electron chi connectivity index (χ3n) is 2.19. The quantitative estimate of drug-likeness (QED) is 0.641. The number of rotatable bonds is 4. The molecule has 0 bridgehead atoms. The SMILES string of the molecule is CCOC(=O)C=Cc1ccc(C)c(C(=O)O)c1. The molecule has 0 aromatic heterocycles. The van der Waals surface area contributed by atoms with Crippen molar-refractivity contribution in [3.8, 4) is 0 Å². The molecule has 0 spiro atoms. The Bertz CT molecular complexity index is 460. The molecule has 17 heavy (non-hydrogen) atoms. The highest BCUT2D eigenvalue weighted by molar-refractivity contribution is 5.91. The Morgan fingerprint density at radius 1 is 1.41 bits per heavy atom. The molecular formula is C13H14O4. The number of ether oxygens (including phenoxy) is 1. The zero-order valence-electron chi connectivity index (χ0n) is 9.77. The van der Waals surface area contributed by atoms with Gasteiger partial charge in [0.05, 0.1) is 12.2 Å². The third kappa shape index (κ3) is 3.75. The number of carbonyl (C=O) groups is 2. The Hall–Kier alpha value is -2.10. The van der Waals surface area contributed by atoms with E-state index in [1.54, 1.807) is 26.0 Å². The maximum absolute atomic E-state index is 11.1. The normalized spacial score (nSPS) is 10.5. The molecule has 0 amide bonds. The summed E-state index contributed by atoms with van der Waals surface area (Å²) in [7, 11) is 0. The molecule has 0 saturated heterocycles. The lowest BCUT2D eigenvalue weighted by atomic mass is 10.0. The highest BCUT2D eigenvalue weighted by Crippen LogP contribution is 2.12. The summed E-state index contributed by atoms with van der Waals surface area (Å²) in [6, 6.07) is 4.97. The van der Waals surface area contributed by atoms with Crippen LogP contribution in [0.4, 0.5) is 0 Å². The Morgan fingerprint density at radius 3 is 2.71 bits per heavy atom. The molecule has 1 aromatic carbocycles. The molecule has 0 unspecified atom stereocenters. The van der Waals surface area contributed by atoms with Crippen molar-refractivity contribution in [3.05, 3.63) is 41.0 Å². The summed E-state index contributed by atoms with van der Waals surface area (Å²) >= 11 is 0. The van der Waals surface area contributed by atoms with Crippen molar-refractivity contribution in [2.45, 2.75) is 13.8 Å². The van der Waals surface area contributed by atoms with Gasteiger partial charge in [-0.1, -0.05) is 12.1 Å². The second-order valence-electron chi connectivity index (χ2n) is 3.46. The van der Waals surface area contributed by atoms with Crippen molar-refractivity contribution in [1.82, 2.24) is 0 Å². The van der Waals surface area contributed by atoms with Crippen LogP contribution >= 0.6 is 0 Å². The van der Waals surface area contributed by atoms with Crippen LogP contribution in [0.5, 0.6) is 0 Å². The van der Waals surface area contributed by atoms with Crippen LogP contribution in [0, 0.1) is 6.92 Å². The van der Waals surface area contributed by atoms with Gasteiger partial charge in [0.1, 0.15) is 0 Å². The first-order valence-electron chi connectivity index (χ1n) is 5.23. The zero-order valence-corrected chi connectivity index (χ0v) is 9.77. The van der Waals surface area contributed by atoms with Gasteiger partial charge < -0.3 is 9.84 Å². The molecular weight excluding hydrogens is 220 g/mol. The predicted molar refractivity (Wildman–Crippen MR) is 63.8 cm³/mol. The van der Waals surface area contributed by atoms with E-state index >= 15 is 0 Å². The van der Waals surface area contributed by atoms with Crippen molar-refractivity contribution < 1.29 is 19.4 Å². The van der Waals surface area contributed by atoms with Gasteiger partial charge >= 0.3 is 11.9 Å². The molecule has 0 aliphatic carbocycles. The molecule has 0 heterocycles. The maximum Gasteiger partial charge on any atom is 0.335 e. The summed E-state index contributed by atoms with van der Waals surface area (Å²) < 4.78 is 4.72. The molecule has 90 valence electrons. The van der Waals surface area contributed by atoms with E-state index in [2.05, 4.69) is 0 Å². The summed E-state index contributed by atoms with van der Waals surface area (Å²) in [6.07, 6.45) is 2.81. The van der Waals surface area contributed by atoms with Gasteiger partial charge in [-0.3, -0.25) is 0 Å². The second-order valence-corrected chi connectivity index (χ2v) is 3.46. The fraction of sp³-hybridized carbons (Fsp3) is 0.231.